The van der Waals surface area contributed by atoms with Gasteiger partial charge in [0.25, 0.3) is 0 Å². The van der Waals surface area contributed by atoms with Crippen molar-refractivity contribution in [3.63, 3.8) is 0 Å². The molecule has 0 radical (unpaired) electrons. The van der Waals surface area contributed by atoms with Gasteiger partial charge < -0.3 is 9.47 Å². The maximum Gasteiger partial charge on any atom is 0.213 e. The van der Waals surface area contributed by atoms with Crippen molar-refractivity contribution in [1.82, 2.24) is 10.3 Å². The van der Waals surface area contributed by atoms with Gasteiger partial charge >= 0.3 is 0 Å². The van der Waals surface area contributed by atoms with Crippen LogP contribution >= 0.6 is 0 Å². The number of likely N-dealkylation sites (N-methyl/N-ethyl adjacent to an activating group) is 1. The molecule has 2 unspecified atom stereocenters. The number of aromatic nitrogens is 1. The van der Waals surface area contributed by atoms with Crippen LogP contribution in [0.5, 0.6) is 5.88 Å². The lowest BCUT2D eigenvalue weighted by molar-refractivity contribution is -0.0276. The van der Waals surface area contributed by atoms with Gasteiger partial charge in [0.15, 0.2) is 6.23 Å². The van der Waals surface area contributed by atoms with Crippen LogP contribution in [0.25, 0.3) is 0 Å². The summed E-state index contributed by atoms with van der Waals surface area (Å²) in [5.74, 6) is 0.637. The third-order valence-corrected chi connectivity index (χ3v) is 4.64. The lowest BCUT2D eigenvalue weighted by atomic mass is 10.0. The molecule has 150 valence electrons. The van der Waals surface area contributed by atoms with Crippen molar-refractivity contribution < 1.29 is 9.47 Å². The van der Waals surface area contributed by atoms with Crippen LogP contribution in [0.3, 0.4) is 0 Å². The second-order valence-electron chi connectivity index (χ2n) is 7.05. The molecule has 0 fully saturated rings. The normalized spacial score (nSPS) is 20.0. The zero-order valence-corrected chi connectivity index (χ0v) is 17.7. The van der Waals surface area contributed by atoms with Crippen molar-refractivity contribution >= 4 is 11.4 Å². The Kier molecular flexibility index (Phi) is 7.92. The summed E-state index contributed by atoms with van der Waals surface area (Å²) in [5.41, 5.74) is 3.73. The van der Waals surface area contributed by atoms with Crippen LogP contribution in [0, 0.1) is 6.92 Å². The molecule has 0 saturated carbocycles. The largest absolute Gasteiger partial charge is 0.475 e. The lowest BCUT2D eigenvalue weighted by Crippen LogP contribution is -2.44. The summed E-state index contributed by atoms with van der Waals surface area (Å²) < 4.78 is 11.9. The first kappa shape index (κ1) is 21.5. The van der Waals surface area contributed by atoms with Crippen molar-refractivity contribution in [2.24, 2.45) is 9.98 Å². The van der Waals surface area contributed by atoms with Gasteiger partial charge in [-0.2, -0.15) is 0 Å². The lowest BCUT2D eigenvalue weighted by Gasteiger charge is -2.30. The predicted molar refractivity (Wildman–Crippen MR) is 111 cm³/mol. The Balaban J connectivity index is 2.33. The average molecular weight is 375 g/mol. The fourth-order valence-corrected chi connectivity index (χ4v) is 3.13. The molecule has 1 aliphatic heterocycles. The van der Waals surface area contributed by atoms with Crippen LogP contribution in [0.1, 0.15) is 65.1 Å². The van der Waals surface area contributed by atoms with E-state index in [1.165, 1.54) is 0 Å². The second-order valence-corrected chi connectivity index (χ2v) is 7.05. The molecule has 6 nitrogen and oxygen atoms in total. The van der Waals surface area contributed by atoms with E-state index in [0.29, 0.717) is 5.88 Å². The van der Waals surface area contributed by atoms with Crippen molar-refractivity contribution in [3.05, 3.63) is 23.4 Å². The molecule has 1 aliphatic rings. The predicted octanol–water partition coefficient (Wildman–Crippen LogP) is 3.91. The summed E-state index contributed by atoms with van der Waals surface area (Å²) in [4.78, 5) is 14.4. The number of aryl methyl sites for hydroxylation is 1. The first-order valence-corrected chi connectivity index (χ1v) is 10.1. The number of nitrogens with zero attached hydrogens (tertiary/aromatic N) is 3. The van der Waals surface area contributed by atoms with Gasteiger partial charge in [0.05, 0.1) is 29.3 Å². The van der Waals surface area contributed by atoms with E-state index in [2.05, 4.69) is 31.1 Å². The molecule has 2 rings (SSSR count). The Hall–Kier alpha value is -1.79. The summed E-state index contributed by atoms with van der Waals surface area (Å²) in [7, 11) is 1.90. The fourth-order valence-electron chi connectivity index (χ4n) is 3.13. The van der Waals surface area contributed by atoms with E-state index >= 15 is 0 Å². The first-order chi connectivity index (χ1) is 12.9. The molecule has 2 atom stereocenters. The third kappa shape index (κ3) is 5.36. The zero-order chi connectivity index (χ0) is 20.0. The molecule has 0 amide bonds. The maximum absolute atomic E-state index is 6.21. The molecule has 6 heteroatoms. The summed E-state index contributed by atoms with van der Waals surface area (Å²) in [6.45, 7) is 12.4. The quantitative estimate of drug-likeness (QED) is 0.712. The Bertz CT molecular complexity index is 681. The van der Waals surface area contributed by atoms with Crippen molar-refractivity contribution in [3.8, 4) is 5.88 Å². The minimum atomic E-state index is -0.296. The standard InChI is InChI=1S/C21H34N4O2/c1-8-15(9-2)27-21-20(22-7)25-19(17(10-3)24-21)16-11-12-18(23-14(16)6)26-13(4)5/h11-13,15,20-22H,8-10H2,1-7H3. The maximum atomic E-state index is 6.21. The van der Waals surface area contributed by atoms with Gasteiger partial charge in [-0.05, 0) is 53.1 Å². The molecule has 1 aromatic heterocycles. The van der Waals surface area contributed by atoms with Gasteiger partial charge in [0, 0.05) is 11.6 Å². The summed E-state index contributed by atoms with van der Waals surface area (Å²) in [6, 6.07) is 3.93. The first-order valence-electron chi connectivity index (χ1n) is 10.1. The van der Waals surface area contributed by atoms with Gasteiger partial charge in [0.2, 0.25) is 5.88 Å². The highest BCUT2D eigenvalue weighted by Gasteiger charge is 2.29. The molecule has 0 aliphatic carbocycles. The minimum absolute atomic E-state index is 0.0965. The van der Waals surface area contributed by atoms with Gasteiger partial charge in [-0.15, -0.1) is 0 Å². The van der Waals surface area contributed by atoms with Crippen LogP contribution in [0.4, 0.5) is 0 Å². The van der Waals surface area contributed by atoms with Gasteiger partial charge in [-0.1, -0.05) is 20.8 Å². The summed E-state index contributed by atoms with van der Waals surface area (Å²) in [6.07, 6.45) is 2.52. The number of rotatable bonds is 9. The number of nitrogens with one attached hydrogen (secondary N) is 1. The Morgan fingerprint density at radius 2 is 1.81 bits per heavy atom. The minimum Gasteiger partial charge on any atom is -0.475 e. The van der Waals surface area contributed by atoms with Crippen molar-refractivity contribution in [2.45, 2.75) is 85.4 Å². The number of hydrogen-bond donors (Lipinski definition) is 1. The average Bonchev–Trinajstić information content (AvgIpc) is 2.65. The highest BCUT2D eigenvalue weighted by molar-refractivity contribution is 6.48. The topological polar surface area (TPSA) is 68.1 Å². The number of hydrogen-bond acceptors (Lipinski definition) is 6. The Labute approximate surface area is 163 Å². The molecular formula is C21H34N4O2. The number of pyridine rings is 1. The van der Waals surface area contributed by atoms with Crippen molar-refractivity contribution in [2.75, 3.05) is 7.05 Å². The summed E-state index contributed by atoms with van der Waals surface area (Å²) >= 11 is 0. The smallest absolute Gasteiger partial charge is 0.213 e. The van der Waals surface area contributed by atoms with Crippen LogP contribution in [0.15, 0.2) is 22.1 Å². The van der Waals surface area contributed by atoms with E-state index < -0.39 is 0 Å². The Morgan fingerprint density at radius 3 is 2.33 bits per heavy atom. The highest BCUT2D eigenvalue weighted by atomic mass is 16.5. The molecule has 27 heavy (non-hydrogen) atoms. The van der Waals surface area contributed by atoms with E-state index in [1.807, 2.05) is 40.0 Å². The fraction of sp³-hybridized carbons (Fsp3) is 0.667. The van der Waals surface area contributed by atoms with Crippen LogP contribution in [-0.4, -0.2) is 48.1 Å². The van der Waals surface area contributed by atoms with Gasteiger partial charge in [0.1, 0.15) is 6.17 Å². The zero-order valence-electron chi connectivity index (χ0n) is 17.7. The number of ether oxygens (including phenoxy) is 2. The molecule has 2 heterocycles. The van der Waals surface area contributed by atoms with E-state index in [1.54, 1.807) is 0 Å². The van der Waals surface area contributed by atoms with E-state index in [4.69, 9.17) is 19.5 Å². The van der Waals surface area contributed by atoms with E-state index in [9.17, 15) is 0 Å². The SMILES string of the molecule is CCC1=NC(OC(CC)CC)C(NC)N=C1c1ccc(OC(C)C)nc1C. The monoisotopic (exact) mass is 374 g/mol. The molecule has 0 bridgehead atoms. The molecule has 0 saturated heterocycles. The molecule has 0 aromatic carbocycles. The van der Waals surface area contributed by atoms with Gasteiger partial charge in [-0.3, -0.25) is 15.3 Å². The van der Waals surface area contributed by atoms with Gasteiger partial charge in [-0.25, -0.2) is 4.98 Å². The molecular weight excluding hydrogens is 340 g/mol. The molecule has 0 spiro atoms. The van der Waals surface area contributed by atoms with E-state index in [-0.39, 0.29) is 24.6 Å². The highest BCUT2D eigenvalue weighted by Crippen LogP contribution is 2.22. The Morgan fingerprint density at radius 1 is 1.11 bits per heavy atom. The molecule has 1 N–H and O–H groups in total. The van der Waals surface area contributed by atoms with Crippen LogP contribution < -0.4 is 10.1 Å². The molecule has 1 aromatic rings. The third-order valence-electron chi connectivity index (χ3n) is 4.64. The van der Waals surface area contributed by atoms with Crippen LogP contribution in [0.2, 0.25) is 0 Å². The number of aliphatic imine (C=N–C) groups is 2. The summed E-state index contributed by atoms with van der Waals surface area (Å²) in [5, 5.41) is 3.24. The van der Waals surface area contributed by atoms with E-state index in [0.717, 1.165) is 41.9 Å². The second kappa shape index (κ2) is 9.95. The van der Waals surface area contributed by atoms with Crippen molar-refractivity contribution in [1.29, 1.82) is 0 Å². The van der Waals surface area contributed by atoms with Crippen LogP contribution in [-0.2, 0) is 4.74 Å².